The molecule has 0 saturated carbocycles. The number of hydrogen-bond acceptors (Lipinski definition) is 9. The molecule has 0 aliphatic carbocycles. The summed E-state index contributed by atoms with van der Waals surface area (Å²) in [5.41, 5.74) is 1.35. The van der Waals surface area contributed by atoms with E-state index in [-0.39, 0.29) is 29.7 Å². The first-order valence-electron chi connectivity index (χ1n) is 16.6. The zero-order valence-corrected chi connectivity index (χ0v) is 31.7. The Morgan fingerprint density at radius 1 is 0.958 bits per heavy atom. The number of ketones is 1. The van der Waals surface area contributed by atoms with Crippen molar-refractivity contribution in [3.63, 3.8) is 0 Å². The molecular weight excluding hydrogens is 628 g/mol. The maximum Gasteiger partial charge on any atom is 0.330 e. The van der Waals surface area contributed by atoms with E-state index in [0.717, 1.165) is 16.9 Å². The van der Waals surface area contributed by atoms with Gasteiger partial charge in [-0.15, -0.1) is 0 Å². The molecule has 0 bridgehead atoms. The van der Waals surface area contributed by atoms with E-state index < -0.39 is 43.5 Å². The Hall–Kier alpha value is -2.86. The van der Waals surface area contributed by atoms with Crippen molar-refractivity contribution in [1.82, 2.24) is 0 Å². The van der Waals surface area contributed by atoms with Crippen LogP contribution in [0, 0.1) is 5.41 Å². The van der Waals surface area contributed by atoms with E-state index >= 15 is 0 Å². The van der Waals surface area contributed by atoms with Crippen LogP contribution < -0.4 is 4.74 Å². The molecule has 0 spiro atoms. The quantitative estimate of drug-likeness (QED) is 0.102. The Bertz CT molecular complexity index is 1360. The molecule has 10 heteroatoms. The van der Waals surface area contributed by atoms with E-state index in [1.54, 1.807) is 7.11 Å². The van der Waals surface area contributed by atoms with Gasteiger partial charge >= 0.3 is 5.97 Å². The lowest BCUT2D eigenvalue weighted by atomic mass is 9.76. The molecule has 1 aliphatic heterocycles. The van der Waals surface area contributed by atoms with Crippen LogP contribution in [0.1, 0.15) is 65.5 Å². The van der Waals surface area contributed by atoms with Gasteiger partial charge in [0, 0.05) is 43.6 Å². The summed E-state index contributed by atoms with van der Waals surface area (Å²) in [5, 5.41) is -0.0381. The molecule has 9 nitrogen and oxygen atoms in total. The summed E-state index contributed by atoms with van der Waals surface area (Å²) in [7, 11) is 2.19. The van der Waals surface area contributed by atoms with Crippen LogP contribution in [-0.2, 0) is 50.9 Å². The van der Waals surface area contributed by atoms with Gasteiger partial charge in [-0.1, -0.05) is 77.1 Å². The molecule has 3 rings (SSSR count). The van der Waals surface area contributed by atoms with Gasteiger partial charge in [0.25, 0.3) is 0 Å². The van der Waals surface area contributed by atoms with Gasteiger partial charge in [0.1, 0.15) is 5.75 Å². The fourth-order valence-corrected chi connectivity index (χ4v) is 6.54. The SMILES string of the molecule is COC(=O)C=C1C[C@@H](C[C@@H](OCc2ccc(OC)cc2)[C@H](C)OCc2ccccc2)OC(OC)(C(C)(C)CO[Si](C)(C)C(C)(C)C)C1=O. The average Bonchev–Trinajstić information content (AvgIpc) is 3.06. The Balaban J connectivity index is 1.95. The number of methoxy groups -OCH3 is 3. The summed E-state index contributed by atoms with van der Waals surface area (Å²) >= 11 is 0. The normalized spacial score (nSPS) is 21.2. The van der Waals surface area contributed by atoms with Gasteiger partial charge < -0.3 is 32.8 Å². The van der Waals surface area contributed by atoms with Crippen LogP contribution in [0.5, 0.6) is 5.75 Å². The second-order valence-electron chi connectivity index (χ2n) is 14.7. The van der Waals surface area contributed by atoms with Crippen molar-refractivity contribution in [3.05, 3.63) is 77.4 Å². The van der Waals surface area contributed by atoms with Crippen LogP contribution in [0.4, 0.5) is 0 Å². The molecule has 2 aromatic carbocycles. The van der Waals surface area contributed by atoms with Gasteiger partial charge in [0.05, 0.1) is 45.7 Å². The third-order valence-corrected chi connectivity index (χ3v) is 14.1. The van der Waals surface area contributed by atoms with E-state index in [2.05, 4.69) is 33.9 Å². The highest BCUT2D eigenvalue weighted by molar-refractivity contribution is 6.74. The van der Waals surface area contributed by atoms with Crippen molar-refractivity contribution in [2.75, 3.05) is 27.9 Å². The minimum absolute atomic E-state index is 0.0381. The summed E-state index contributed by atoms with van der Waals surface area (Å²) in [4.78, 5) is 26.7. The lowest BCUT2D eigenvalue weighted by Crippen LogP contribution is -2.62. The summed E-state index contributed by atoms with van der Waals surface area (Å²) in [6, 6.07) is 17.6. The van der Waals surface area contributed by atoms with E-state index in [9.17, 15) is 9.59 Å². The first-order chi connectivity index (χ1) is 22.5. The van der Waals surface area contributed by atoms with Gasteiger partial charge in [0.2, 0.25) is 11.6 Å². The highest BCUT2D eigenvalue weighted by Gasteiger charge is 2.58. The molecule has 0 amide bonds. The van der Waals surface area contributed by atoms with Crippen molar-refractivity contribution in [2.24, 2.45) is 5.41 Å². The Kier molecular flexibility index (Phi) is 13.8. The first kappa shape index (κ1) is 39.6. The van der Waals surface area contributed by atoms with Crippen LogP contribution in [-0.4, -0.2) is 72.1 Å². The molecule has 266 valence electrons. The second-order valence-corrected chi connectivity index (χ2v) is 19.5. The summed E-state index contributed by atoms with van der Waals surface area (Å²) in [5.74, 6) is -2.01. The first-order valence-corrected chi connectivity index (χ1v) is 19.5. The van der Waals surface area contributed by atoms with E-state index in [0.29, 0.717) is 19.6 Å². The number of benzene rings is 2. The molecule has 1 unspecified atom stereocenters. The smallest absolute Gasteiger partial charge is 0.330 e. The predicted octanol–water partition coefficient (Wildman–Crippen LogP) is 7.42. The number of esters is 1. The highest BCUT2D eigenvalue weighted by Crippen LogP contribution is 2.46. The largest absolute Gasteiger partial charge is 0.497 e. The predicted molar refractivity (Wildman–Crippen MR) is 188 cm³/mol. The molecule has 48 heavy (non-hydrogen) atoms. The van der Waals surface area contributed by atoms with Gasteiger partial charge in [-0.3, -0.25) is 4.79 Å². The van der Waals surface area contributed by atoms with Crippen molar-refractivity contribution in [2.45, 2.75) is 110 Å². The number of Topliss-reactive ketones (excluding diaryl/α,β-unsaturated/α-hetero) is 1. The Labute approximate surface area is 288 Å². The van der Waals surface area contributed by atoms with Gasteiger partial charge in [0.15, 0.2) is 8.32 Å². The van der Waals surface area contributed by atoms with Gasteiger partial charge in [-0.2, -0.15) is 0 Å². The van der Waals surface area contributed by atoms with E-state index in [1.807, 2.05) is 75.4 Å². The fourth-order valence-electron chi connectivity index (χ4n) is 5.38. The number of carbonyl (C=O) groups excluding carboxylic acids is 2. The summed E-state index contributed by atoms with van der Waals surface area (Å²) in [6.45, 7) is 17.6. The standard InChI is InChI=1S/C38H56O9Si/c1-27(44-24-28-15-13-12-14-16-28)33(45-25-29-17-19-31(41-7)20-18-29)23-32-21-30(22-34(39)42-8)35(40)38(43-9,47-32)37(5,6)26-46-48(10,11)36(2,3)4/h12-20,22,27,32-33H,21,23-26H2,1-11H3/t27-,32-,33+,38?/m0/s1. The lowest BCUT2D eigenvalue weighted by molar-refractivity contribution is -0.293. The number of rotatable bonds is 16. The second kappa shape index (κ2) is 16.7. The van der Waals surface area contributed by atoms with Crippen LogP contribution in [0.15, 0.2) is 66.2 Å². The molecule has 1 heterocycles. The topological polar surface area (TPSA) is 98.8 Å². The molecule has 0 aromatic heterocycles. The third-order valence-electron chi connectivity index (χ3n) is 9.64. The van der Waals surface area contributed by atoms with Gasteiger partial charge in [-0.05, 0) is 48.3 Å². The molecule has 1 saturated heterocycles. The number of hydrogen-bond donors (Lipinski definition) is 0. The van der Waals surface area contributed by atoms with Gasteiger partial charge in [-0.25, -0.2) is 4.79 Å². The number of carbonyl (C=O) groups is 2. The Morgan fingerprint density at radius 2 is 1.56 bits per heavy atom. The van der Waals surface area contributed by atoms with Crippen LogP contribution in [0.25, 0.3) is 0 Å². The van der Waals surface area contributed by atoms with Crippen LogP contribution in [0.3, 0.4) is 0 Å². The number of ether oxygens (including phenoxy) is 6. The third kappa shape index (κ3) is 9.86. The van der Waals surface area contributed by atoms with Crippen molar-refractivity contribution < 1.29 is 42.4 Å². The Morgan fingerprint density at radius 3 is 2.12 bits per heavy atom. The maximum atomic E-state index is 14.2. The average molecular weight is 685 g/mol. The monoisotopic (exact) mass is 684 g/mol. The van der Waals surface area contributed by atoms with Crippen LogP contribution >= 0.6 is 0 Å². The fraction of sp³-hybridized carbons (Fsp3) is 0.579. The minimum atomic E-state index is -2.19. The zero-order chi connectivity index (χ0) is 35.8. The van der Waals surface area contributed by atoms with Crippen molar-refractivity contribution in [3.8, 4) is 5.75 Å². The maximum absolute atomic E-state index is 14.2. The lowest BCUT2D eigenvalue weighted by Gasteiger charge is -2.50. The molecule has 4 atom stereocenters. The molecule has 0 N–H and O–H groups in total. The summed E-state index contributed by atoms with van der Waals surface area (Å²) < 4.78 is 42.5. The van der Waals surface area contributed by atoms with Crippen molar-refractivity contribution in [1.29, 1.82) is 0 Å². The summed E-state index contributed by atoms with van der Waals surface area (Å²) in [6.07, 6.45) is 0.446. The molecular formula is C38H56O9Si. The molecule has 1 fully saturated rings. The van der Waals surface area contributed by atoms with E-state index in [4.69, 9.17) is 32.8 Å². The minimum Gasteiger partial charge on any atom is -0.497 e. The molecule has 1 aliphatic rings. The van der Waals surface area contributed by atoms with E-state index in [1.165, 1.54) is 20.3 Å². The van der Waals surface area contributed by atoms with Crippen molar-refractivity contribution >= 4 is 20.1 Å². The highest BCUT2D eigenvalue weighted by atomic mass is 28.4. The molecule has 2 aromatic rings. The molecule has 0 radical (unpaired) electrons. The van der Waals surface area contributed by atoms with Crippen LogP contribution in [0.2, 0.25) is 18.1 Å². The zero-order valence-electron chi connectivity index (χ0n) is 30.7.